The van der Waals surface area contributed by atoms with E-state index in [0.29, 0.717) is 0 Å². The molecule has 0 aliphatic carbocycles. The molecular weight excluding hydrogens is 204 g/mol. The number of carboxylic acid groups (broad SMARTS) is 1. The zero-order chi connectivity index (χ0) is 11.7. The minimum atomic E-state index is -1.09. The Balaban J connectivity index is 3.66. The number of carbonyl (C=O) groups excluding carboxylic acids is 2. The van der Waals surface area contributed by atoms with Crippen LogP contribution in [0.25, 0.3) is 0 Å². The molecule has 0 atom stereocenters. The van der Waals surface area contributed by atoms with Crippen molar-refractivity contribution in [2.75, 3.05) is 0 Å². The number of ether oxygens (including phenoxy) is 2. The summed E-state index contributed by atoms with van der Waals surface area (Å²) < 4.78 is 8.73. The van der Waals surface area contributed by atoms with Crippen molar-refractivity contribution in [3.63, 3.8) is 0 Å². The molecule has 1 N–H and O–H groups in total. The molecule has 6 nitrogen and oxygen atoms in total. The van der Waals surface area contributed by atoms with Crippen molar-refractivity contribution in [3.05, 3.63) is 25.2 Å². The average Bonchev–Trinajstić information content (AvgIpc) is 2.21. The highest BCUT2D eigenvalue weighted by Crippen LogP contribution is 1.93. The van der Waals surface area contributed by atoms with Crippen molar-refractivity contribution in [3.8, 4) is 0 Å². The maximum Gasteiger partial charge on any atom is 0.335 e. The van der Waals surface area contributed by atoms with Crippen molar-refractivity contribution in [1.82, 2.24) is 0 Å². The average molecular weight is 214 g/mol. The predicted molar refractivity (Wildman–Crippen MR) is 48.4 cm³/mol. The van der Waals surface area contributed by atoms with Crippen LogP contribution in [-0.4, -0.2) is 23.0 Å². The van der Waals surface area contributed by atoms with Gasteiger partial charge in [-0.3, -0.25) is 9.59 Å². The van der Waals surface area contributed by atoms with Gasteiger partial charge in [0.1, 0.15) is 12.5 Å². The van der Waals surface area contributed by atoms with Gasteiger partial charge >= 0.3 is 17.9 Å². The molecule has 0 spiro atoms. The minimum Gasteiger partial charge on any atom is -0.481 e. The molecule has 0 saturated carbocycles. The van der Waals surface area contributed by atoms with Crippen LogP contribution in [-0.2, 0) is 23.9 Å². The maximum absolute atomic E-state index is 10.8. The number of aliphatic carboxylic acids is 1. The lowest BCUT2D eigenvalue weighted by atomic mass is 10.3. The van der Waals surface area contributed by atoms with Crippen LogP contribution in [0.1, 0.15) is 12.8 Å². The van der Waals surface area contributed by atoms with Crippen LogP contribution < -0.4 is 0 Å². The van der Waals surface area contributed by atoms with E-state index < -0.39 is 17.9 Å². The van der Waals surface area contributed by atoms with E-state index in [4.69, 9.17) is 5.11 Å². The van der Waals surface area contributed by atoms with Gasteiger partial charge in [0.15, 0.2) is 0 Å². The molecule has 0 amide bonds. The molecule has 0 aliphatic heterocycles. The number of carboxylic acids is 1. The van der Waals surface area contributed by atoms with E-state index in [0.717, 1.165) is 18.6 Å². The molecule has 0 heterocycles. The molecule has 0 aromatic carbocycles. The Morgan fingerprint density at radius 2 is 1.73 bits per heavy atom. The smallest absolute Gasteiger partial charge is 0.335 e. The fourth-order valence-corrected chi connectivity index (χ4v) is 0.515. The highest BCUT2D eigenvalue weighted by molar-refractivity contribution is 5.81. The summed E-state index contributed by atoms with van der Waals surface area (Å²) in [5.74, 6) is -2.50. The van der Waals surface area contributed by atoms with Crippen LogP contribution in [0.15, 0.2) is 25.2 Å². The second-order valence-corrected chi connectivity index (χ2v) is 2.30. The maximum atomic E-state index is 10.8. The second kappa shape index (κ2) is 7.31. The number of hydrogen-bond acceptors (Lipinski definition) is 5. The van der Waals surface area contributed by atoms with Crippen molar-refractivity contribution in [2.45, 2.75) is 12.8 Å². The molecule has 82 valence electrons. The Bertz CT molecular complexity index is 291. The van der Waals surface area contributed by atoms with Gasteiger partial charge in [0, 0.05) is 6.08 Å². The molecule has 0 fully saturated rings. The summed E-state index contributed by atoms with van der Waals surface area (Å²) >= 11 is 0. The highest BCUT2D eigenvalue weighted by atomic mass is 16.6. The van der Waals surface area contributed by atoms with Crippen molar-refractivity contribution < 1.29 is 29.0 Å². The van der Waals surface area contributed by atoms with E-state index in [1.54, 1.807) is 0 Å². The van der Waals surface area contributed by atoms with Gasteiger partial charge in [0.25, 0.3) is 0 Å². The molecule has 0 rings (SSSR count). The summed E-state index contributed by atoms with van der Waals surface area (Å²) in [6, 6.07) is 0. The molecule has 0 saturated heterocycles. The Morgan fingerprint density at radius 3 is 2.27 bits per heavy atom. The van der Waals surface area contributed by atoms with Crippen LogP contribution in [0.3, 0.4) is 0 Å². The molecule has 0 aromatic rings. The lowest BCUT2D eigenvalue weighted by Gasteiger charge is -1.96. The minimum absolute atomic E-state index is 0.241. The summed E-state index contributed by atoms with van der Waals surface area (Å²) in [5, 5.41) is 8.23. The molecule has 0 bridgehead atoms. The molecule has 15 heavy (non-hydrogen) atoms. The van der Waals surface area contributed by atoms with E-state index in [1.165, 1.54) is 0 Å². The van der Waals surface area contributed by atoms with Gasteiger partial charge in [-0.15, -0.1) is 0 Å². The lowest BCUT2D eigenvalue weighted by Crippen LogP contribution is -2.04. The first-order valence-corrected chi connectivity index (χ1v) is 3.95. The zero-order valence-electron chi connectivity index (χ0n) is 7.84. The molecule has 6 heteroatoms. The first-order chi connectivity index (χ1) is 7.06. The standard InChI is InChI=1S/C9H10O6/c1-2-8(12)14-5-6-15-9(13)4-3-7(10)11/h2,5-6H,1,3-4H2,(H,10,11). The van der Waals surface area contributed by atoms with E-state index in [-0.39, 0.29) is 12.8 Å². The molecular formula is C9H10O6. The molecule has 0 radical (unpaired) electrons. The topological polar surface area (TPSA) is 89.9 Å². The van der Waals surface area contributed by atoms with Gasteiger partial charge in [-0.05, 0) is 0 Å². The monoisotopic (exact) mass is 214 g/mol. The van der Waals surface area contributed by atoms with E-state index in [9.17, 15) is 14.4 Å². The highest BCUT2D eigenvalue weighted by Gasteiger charge is 2.04. The zero-order valence-corrected chi connectivity index (χ0v) is 7.84. The van der Waals surface area contributed by atoms with Gasteiger partial charge < -0.3 is 14.6 Å². The van der Waals surface area contributed by atoms with Gasteiger partial charge in [0.05, 0.1) is 12.8 Å². The molecule has 0 aromatic heterocycles. The van der Waals surface area contributed by atoms with Crippen LogP contribution in [0, 0.1) is 0 Å². The van der Waals surface area contributed by atoms with Gasteiger partial charge in [-0.2, -0.15) is 0 Å². The fraction of sp³-hybridized carbons (Fsp3) is 0.222. The third-order valence-electron chi connectivity index (χ3n) is 1.15. The lowest BCUT2D eigenvalue weighted by molar-refractivity contribution is -0.144. The van der Waals surface area contributed by atoms with Crippen molar-refractivity contribution in [1.29, 1.82) is 0 Å². The Labute approximate surface area is 85.8 Å². The van der Waals surface area contributed by atoms with Crippen LogP contribution in [0.5, 0.6) is 0 Å². The van der Waals surface area contributed by atoms with Crippen molar-refractivity contribution >= 4 is 17.9 Å². The van der Waals surface area contributed by atoms with Crippen LogP contribution >= 0.6 is 0 Å². The van der Waals surface area contributed by atoms with E-state index in [1.807, 2.05) is 0 Å². The summed E-state index contributed by atoms with van der Waals surface area (Å²) in [4.78, 5) is 31.3. The third-order valence-corrected chi connectivity index (χ3v) is 1.15. The van der Waals surface area contributed by atoms with Crippen LogP contribution in [0.2, 0.25) is 0 Å². The Kier molecular flexibility index (Phi) is 6.28. The van der Waals surface area contributed by atoms with Gasteiger partial charge in [0.2, 0.25) is 0 Å². The molecule has 0 unspecified atom stereocenters. The first kappa shape index (κ1) is 12.9. The number of rotatable bonds is 6. The Morgan fingerprint density at radius 1 is 1.13 bits per heavy atom. The number of carbonyl (C=O) groups is 3. The summed E-state index contributed by atoms with van der Waals surface area (Å²) in [6.45, 7) is 3.14. The normalized spacial score (nSPS) is 9.60. The third kappa shape index (κ3) is 8.23. The largest absolute Gasteiger partial charge is 0.481 e. The van der Waals surface area contributed by atoms with E-state index >= 15 is 0 Å². The predicted octanol–water partition coefficient (Wildman–Crippen LogP) is 0.595. The van der Waals surface area contributed by atoms with E-state index in [2.05, 4.69) is 16.1 Å². The molecule has 0 aliphatic rings. The fourth-order valence-electron chi connectivity index (χ4n) is 0.515. The summed E-state index contributed by atoms with van der Waals surface area (Å²) in [6.07, 6.45) is 2.11. The summed E-state index contributed by atoms with van der Waals surface area (Å²) in [5.41, 5.74) is 0. The second-order valence-electron chi connectivity index (χ2n) is 2.30. The quantitative estimate of drug-likeness (QED) is 0.395. The Hall–Kier alpha value is -2.11. The van der Waals surface area contributed by atoms with Gasteiger partial charge in [-0.1, -0.05) is 6.58 Å². The van der Waals surface area contributed by atoms with Crippen molar-refractivity contribution in [2.24, 2.45) is 0 Å². The van der Waals surface area contributed by atoms with Crippen LogP contribution in [0.4, 0.5) is 0 Å². The number of esters is 2. The number of hydrogen-bond donors (Lipinski definition) is 1. The van der Waals surface area contributed by atoms with Gasteiger partial charge in [-0.25, -0.2) is 4.79 Å². The summed E-state index contributed by atoms with van der Waals surface area (Å²) in [7, 11) is 0. The first-order valence-electron chi connectivity index (χ1n) is 3.95. The SMILES string of the molecule is C=CC(=O)OC=COC(=O)CCC(=O)O.